The van der Waals surface area contributed by atoms with Crippen LogP contribution in [0.25, 0.3) is 0 Å². The summed E-state index contributed by atoms with van der Waals surface area (Å²) in [5, 5.41) is 0. The lowest BCUT2D eigenvalue weighted by atomic mass is 9.74. The number of hydrogen-bond donors (Lipinski definition) is 0. The summed E-state index contributed by atoms with van der Waals surface area (Å²) in [4.78, 5) is 0. The van der Waals surface area contributed by atoms with E-state index in [0.717, 1.165) is 5.92 Å². The van der Waals surface area contributed by atoms with Crippen LogP contribution in [0.15, 0.2) is 0 Å². The monoisotopic (exact) mass is 172 g/mol. The van der Waals surface area contributed by atoms with Gasteiger partial charge in [0.1, 0.15) is 0 Å². The Morgan fingerprint density at radius 2 is 1.33 bits per heavy atom. The first-order valence-electron chi connectivity index (χ1n) is 5.10. The zero-order valence-corrected chi connectivity index (χ0v) is 8.91. The number of hydrogen-bond acceptors (Lipinski definition) is 0. The molecule has 0 heterocycles. The highest BCUT2D eigenvalue weighted by molar-refractivity contribution is 4.76. The molecule has 76 valence electrons. The van der Waals surface area contributed by atoms with Crippen LogP contribution in [0.1, 0.15) is 67.7 Å². The minimum Gasteiger partial charge on any atom is -0.0776 e. The van der Waals surface area contributed by atoms with Crippen LogP contribution < -0.4 is 0 Å². The van der Waals surface area contributed by atoms with Crippen molar-refractivity contribution in [3.05, 3.63) is 0 Å². The van der Waals surface area contributed by atoms with E-state index in [1.54, 1.807) is 0 Å². The lowest BCUT2D eigenvalue weighted by molar-refractivity contribution is 0.201. The molecular weight excluding hydrogens is 144 g/mol. The minimum atomic E-state index is 0. The maximum absolute atomic E-state index is 2.39. The maximum atomic E-state index is 2.39. The van der Waals surface area contributed by atoms with Gasteiger partial charge in [-0.05, 0) is 24.2 Å². The van der Waals surface area contributed by atoms with Crippen LogP contribution in [0.3, 0.4) is 0 Å². The van der Waals surface area contributed by atoms with Crippen molar-refractivity contribution in [2.45, 2.75) is 67.7 Å². The molecule has 0 amide bonds. The summed E-state index contributed by atoms with van der Waals surface area (Å²) >= 11 is 0. The molecule has 0 unspecified atom stereocenters. The van der Waals surface area contributed by atoms with E-state index in [2.05, 4.69) is 20.8 Å². The molecule has 0 aromatic carbocycles. The van der Waals surface area contributed by atoms with E-state index in [0.29, 0.717) is 5.41 Å². The van der Waals surface area contributed by atoms with Crippen molar-refractivity contribution in [3.8, 4) is 0 Å². The van der Waals surface area contributed by atoms with Crippen molar-refractivity contribution < 1.29 is 0 Å². The van der Waals surface area contributed by atoms with Gasteiger partial charge in [-0.25, -0.2) is 0 Å². The lowest BCUT2D eigenvalue weighted by Gasteiger charge is -2.32. The van der Waals surface area contributed by atoms with Crippen molar-refractivity contribution in [1.29, 1.82) is 0 Å². The zero-order valence-electron chi connectivity index (χ0n) is 8.91. The van der Waals surface area contributed by atoms with E-state index in [-0.39, 0.29) is 7.43 Å². The topological polar surface area (TPSA) is 0 Å². The van der Waals surface area contributed by atoms with Gasteiger partial charge in [-0.15, -0.1) is 0 Å². The molecule has 1 fully saturated rings. The highest BCUT2D eigenvalue weighted by Gasteiger charge is 2.23. The average molecular weight is 172 g/mol. The summed E-state index contributed by atoms with van der Waals surface area (Å²) in [7, 11) is 0. The Bertz CT molecular complexity index is 82.2. The van der Waals surface area contributed by atoms with Gasteiger partial charge in [0.05, 0.1) is 0 Å². The second-order valence-electron chi connectivity index (χ2n) is 4.35. The molecule has 0 atom stereocenters. The fourth-order valence-electron chi connectivity index (χ4n) is 1.54. The van der Waals surface area contributed by atoms with E-state index in [9.17, 15) is 0 Å². The quantitative estimate of drug-likeness (QED) is 0.488. The summed E-state index contributed by atoms with van der Waals surface area (Å²) < 4.78 is 0. The van der Waals surface area contributed by atoms with Crippen LogP contribution in [0.4, 0.5) is 0 Å². The summed E-state index contributed by atoms with van der Waals surface area (Å²) in [6.45, 7) is 11.1. The van der Waals surface area contributed by atoms with Gasteiger partial charge < -0.3 is 0 Å². The Labute approximate surface area is 79.8 Å². The van der Waals surface area contributed by atoms with E-state index < -0.39 is 0 Å². The van der Waals surface area contributed by atoms with Crippen LogP contribution in [-0.2, 0) is 0 Å². The Hall–Kier alpha value is 0. The third kappa shape index (κ3) is 5.62. The highest BCUT2D eigenvalue weighted by atomic mass is 14.3. The Morgan fingerprint density at radius 3 is 1.58 bits per heavy atom. The molecule has 1 rings (SSSR count). The molecule has 0 aromatic heterocycles. The van der Waals surface area contributed by atoms with E-state index in [1.165, 1.54) is 25.7 Å². The molecule has 0 nitrogen and oxygen atoms in total. The smallest absolute Gasteiger partial charge is 0.0354 e. The molecular formula is C12H28. The molecule has 1 aliphatic carbocycles. The zero-order chi connectivity index (χ0) is 8.91. The first-order valence-corrected chi connectivity index (χ1v) is 5.10. The van der Waals surface area contributed by atoms with Crippen LogP contribution >= 0.6 is 0 Å². The van der Waals surface area contributed by atoms with Gasteiger partial charge in [-0.1, -0.05) is 54.9 Å². The van der Waals surface area contributed by atoms with Crippen molar-refractivity contribution in [1.82, 2.24) is 0 Å². The van der Waals surface area contributed by atoms with Gasteiger partial charge in [-0.2, -0.15) is 0 Å². The Balaban J connectivity index is 0. The summed E-state index contributed by atoms with van der Waals surface area (Å²) in [5.41, 5.74) is 0.659. The second-order valence-corrected chi connectivity index (χ2v) is 4.35. The molecule has 0 spiro atoms. The van der Waals surface area contributed by atoms with E-state index >= 15 is 0 Å². The van der Waals surface area contributed by atoms with E-state index in [4.69, 9.17) is 0 Å². The molecule has 0 saturated heterocycles. The lowest BCUT2D eigenvalue weighted by Crippen LogP contribution is -2.19. The van der Waals surface area contributed by atoms with Crippen molar-refractivity contribution >= 4 is 0 Å². The molecule has 0 heteroatoms. The summed E-state index contributed by atoms with van der Waals surface area (Å²) in [5.74, 6) is 0.998. The summed E-state index contributed by atoms with van der Waals surface area (Å²) in [6.07, 6.45) is 5.78. The van der Waals surface area contributed by atoms with Crippen LogP contribution in [0.2, 0.25) is 0 Å². The fourth-order valence-corrected chi connectivity index (χ4v) is 1.54. The second kappa shape index (κ2) is 6.51. The molecule has 12 heavy (non-hydrogen) atoms. The first-order chi connectivity index (χ1) is 5.10. The fraction of sp³-hybridized carbons (Fsp3) is 1.00. The van der Waals surface area contributed by atoms with Crippen molar-refractivity contribution in [2.24, 2.45) is 11.3 Å². The first kappa shape index (κ1) is 14.5. The third-order valence-electron chi connectivity index (χ3n) is 2.63. The predicted octanol–water partition coefficient (Wildman–Crippen LogP) is 4.89. The molecule has 0 radical (unpaired) electrons. The standard InChI is InChI=1S/C9H18.C2H6.CH4/c1-8-4-6-9(2,3)7-5-8;1-2;/h8H,4-7H2,1-3H3;1-2H3;1H4. The predicted molar refractivity (Wildman–Crippen MR) is 59.5 cm³/mol. The minimum absolute atomic E-state index is 0. The molecule has 0 N–H and O–H groups in total. The molecule has 1 aliphatic rings. The average Bonchev–Trinajstić information content (AvgIpc) is 2.00. The molecule has 0 bridgehead atoms. The van der Waals surface area contributed by atoms with Gasteiger partial charge in [0, 0.05) is 0 Å². The van der Waals surface area contributed by atoms with Gasteiger partial charge in [0.25, 0.3) is 0 Å². The highest BCUT2D eigenvalue weighted by Crippen LogP contribution is 2.37. The Kier molecular flexibility index (Phi) is 7.88. The normalized spacial score (nSPS) is 21.8. The Morgan fingerprint density at radius 1 is 1.00 bits per heavy atom. The van der Waals surface area contributed by atoms with E-state index in [1.807, 2.05) is 13.8 Å². The molecule has 0 aliphatic heterocycles. The van der Waals surface area contributed by atoms with Gasteiger partial charge in [0.15, 0.2) is 0 Å². The van der Waals surface area contributed by atoms with Gasteiger partial charge >= 0.3 is 0 Å². The maximum Gasteiger partial charge on any atom is -0.0354 e. The van der Waals surface area contributed by atoms with Gasteiger partial charge in [-0.3, -0.25) is 0 Å². The number of rotatable bonds is 0. The largest absolute Gasteiger partial charge is 0.0776 e. The molecule has 0 aromatic rings. The van der Waals surface area contributed by atoms with Crippen molar-refractivity contribution in [3.63, 3.8) is 0 Å². The molecule has 1 saturated carbocycles. The van der Waals surface area contributed by atoms with Gasteiger partial charge in [0.2, 0.25) is 0 Å². The van der Waals surface area contributed by atoms with Crippen molar-refractivity contribution in [2.75, 3.05) is 0 Å². The third-order valence-corrected chi connectivity index (χ3v) is 2.63. The van der Waals surface area contributed by atoms with Crippen LogP contribution in [0, 0.1) is 11.3 Å². The summed E-state index contributed by atoms with van der Waals surface area (Å²) in [6, 6.07) is 0. The SMILES string of the molecule is C.CC.CC1CCC(C)(C)CC1. The van der Waals surface area contributed by atoms with Crippen LogP contribution in [0.5, 0.6) is 0 Å². The van der Waals surface area contributed by atoms with Crippen LogP contribution in [-0.4, -0.2) is 0 Å².